The standard InChI is InChI=1S/C15H17FN2O/c1-18(15-5-3-2-4-14(15)17)10-11-19-13-8-6-12(16)7-9-13/h2-9H,10-11,17H2,1H3. The van der Waals surface area contributed by atoms with Crippen molar-refractivity contribution < 1.29 is 9.13 Å². The highest BCUT2D eigenvalue weighted by atomic mass is 19.1. The first-order valence-corrected chi connectivity index (χ1v) is 6.11. The number of anilines is 2. The smallest absolute Gasteiger partial charge is 0.123 e. The topological polar surface area (TPSA) is 38.5 Å². The van der Waals surface area contributed by atoms with Crippen molar-refractivity contribution in [1.29, 1.82) is 0 Å². The number of nitrogens with two attached hydrogens (primary N) is 1. The molecule has 0 bridgehead atoms. The predicted molar refractivity (Wildman–Crippen MR) is 76.0 cm³/mol. The molecule has 2 N–H and O–H groups in total. The van der Waals surface area contributed by atoms with Crippen LogP contribution in [0.2, 0.25) is 0 Å². The van der Waals surface area contributed by atoms with Gasteiger partial charge in [0.1, 0.15) is 18.2 Å². The molecule has 0 aliphatic heterocycles. The third kappa shape index (κ3) is 3.61. The Labute approximate surface area is 112 Å². The van der Waals surface area contributed by atoms with Crippen LogP contribution in [-0.2, 0) is 0 Å². The van der Waals surface area contributed by atoms with Crippen LogP contribution in [0.4, 0.5) is 15.8 Å². The quantitative estimate of drug-likeness (QED) is 0.840. The summed E-state index contributed by atoms with van der Waals surface area (Å²) in [4.78, 5) is 2.03. The third-order valence-electron chi connectivity index (χ3n) is 2.86. The summed E-state index contributed by atoms with van der Waals surface area (Å²) in [6, 6.07) is 13.7. The van der Waals surface area contributed by atoms with Crippen LogP contribution >= 0.6 is 0 Å². The molecule has 2 rings (SSSR count). The zero-order valence-electron chi connectivity index (χ0n) is 10.8. The minimum atomic E-state index is -0.262. The van der Waals surface area contributed by atoms with Crippen LogP contribution in [0.1, 0.15) is 0 Å². The van der Waals surface area contributed by atoms with Crippen molar-refractivity contribution in [1.82, 2.24) is 0 Å². The van der Waals surface area contributed by atoms with Gasteiger partial charge in [0.2, 0.25) is 0 Å². The van der Waals surface area contributed by atoms with E-state index in [1.54, 1.807) is 12.1 Å². The average Bonchev–Trinajstić information content (AvgIpc) is 2.41. The Balaban J connectivity index is 1.86. The number of rotatable bonds is 5. The van der Waals surface area contributed by atoms with Crippen LogP contribution < -0.4 is 15.4 Å². The second kappa shape index (κ2) is 6.09. The third-order valence-corrected chi connectivity index (χ3v) is 2.86. The number of nitrogen functional groups attached to an aromatic ring is 1. The lowest BCUT2D eigenvalue weighted by molar-refractivity contribution is 0.325. The van der Waals surface area contributed by atoms with E-state index in [1.807, 2.05) is 36.2 Å². The molecule has 0 saturated carbocycles. The van der Waals surface area contributed by atoms with E-state index in [0.29, 0.717) is 18.9 Å². The van der Waals surface area contributed by atoms with Crippen LogP contribution in [0, 0.1) is 5.82 Å². The maximum Gasteiger partial charge on any atom is 0.123 e. The maximum absolute atomic E-state index is 12.7. The fraction of sp³-hybridized carbons (Fsp3) is 0.200. The normalized spacial score (nSPS) is 10.2. The van der Waals surface area contributed by atoms with Gasteiger partial charge in [0.25, 0.3) is 0 Å². The molecule has 0 saturated heterocycles. The molecular weight excluding hydrogens is 243 g/mol. The van der Waals surface area contributed by atoms with Crippen molar-refractivity contribution in [2.75, 3.05) is 30.8 Å². The summed E-state index contributed by atoms with van der Waals surface area (Å²) in [6.07, 6.45) is 0. The van der Waals surface area contributed by atoms with Gasteiger partial charge in [0.05, 0.1) is 17.9 Å². The molecule has 0 aliphatic rings. The van der Waals surface area contributed by atoms with E-state index >= 15 is 0 Å². The number of hydrogen-bond acceptors (Lipinski definition) is 3. The van der Waals surface area contributed by atoms with Crippen molar-refractivity contribution in [2.45, 2.75) is 0 Å². The molecule has 2 aromatic rings. The van der Waals surface area contributed by atoms with Gasteiger partial charge in [-0.25, -0.2) is 4.39 Å². The van der Waals surface area contributed by atoms with Gasteiger partial charge in [-0.2, -0.15) is 0 Å². The highest BCUT2D eigenvalue weighted by Gasteiger charge is 2.04. The minimum Gasteiger partial charge on any atom is -0.492 e. The fourth-order valence-electron chi connectivity index (χ4n) is 1.79. The Kier molecular flexibility index (Phi) is 4.23. The van der Waals surface area contributed by atoms with Gasteiger partial charge >= 0.3 is 0 Å². The summed E-state index contributed by atoms with van der Waals surface area (Å²) in [5.74, 6) is 0.400. The van der Waals surface area contributed by atoms with Crippen LogP contribution in [0.25, 0.3) is 0 Å². The molecule has 0 fully saturated rings. The molecule has 0 amide bonds. The van der Waals surface area contributed by atoms with Crippen molar-refractivity contribution in [2.24, 2.45) is 0 Å². The van der Waals surface area contributed by atoms with Gasteiger partial charge < -0.3 is 15.4 Å². The molecule has 3 nitrogen and oxygen atoms in total. The lowest BCUT2D eigenvalue weighted by Crippen LogP contribution is -2.24. The molecule has 4 heteroatoms. The first-order valence-electron chi connectivity index (χ1n) is 6.11. The average molecular weight is 260 g/mol. The molecular formula is C15H17FN2O. The van der Waals surface area contributed by atoms with E-state index in [9.17, 15) is 4.39 Å². The Morgan fingerprint density at radius 3 is 2.47 bits per heavy atom. The fourth-order valence-corrected chi connectivity index (χ4v) is 1.79. The van der Waals surface area contributed by atoms with E-state index < -0.39 is 0 Å². The molecule has 100 valence electrons. The van der Waals surface area contributed by atoms with Crippen molar-refractivity contribution in [3.05, 3.63) is 54.3 Å². The lowest BCUT2D eigenvalue weighted by Gasteiger charge is -2.21. The maximum atomic E-state index is 12.7. The summed E-state index contributed by atoms with van der Waals surface area (Å²) in [6.45, 7) is 1.21. The van der Waals surface area contributed by atoms with Gasteiger partial charge in [0.15, 0.2) is 0 Å². The Hall–Kier alpha value is -2.23. The summed E-state index contributed by atoms with van der Waals surface area (Å²) >= 11 is 0. The zero-order valence-corrected chi connectivity index (χ0v) is 10.8. The molecule has 19 heavy (non-hydrogen) atoms. The van der Waals surface area contributed by atoms with Crippen LogP contribution in [-0.4, -0.2) is 20.2 Å². The highest BCUT2D eigenvalue weighted by Crippen LogP contribution is 2.20. The molecule has 0 unspecified atom stereocenters. The van der Waals surface area contributed by atoms with Gasteiger partial charge in [-0.05, 0) is 36.4 Å². The zero-order chi connectivity index (χ0) is 13.7. The Morgan fingerprint density at radius 2 is 1.79 bits per heavy atom. The molecule has 0 atom stereocenters. The van der Waals surface area contributed by atoms with E-state index in [2.05, 4.69) is 0 Å². The second-order valence-electron chi connectivity index (χ2n) is 4.28. The molecule has 0 aliphatic carbocycles. The monoisotopic (exact) mass is 260 g/mol. The van der Waals surface area contributed by atoms with Crippen LogP contribution in [0.15, 0.2) is 48.5 Å². The number of para-hydroxylation sites is 2. The number of likely N-dealkylation sites (N-methyl/N-ethyl adjacent to an activating group) is 1. The van der Waals surface area contributed by atoms with Crippen molar-refractivity contribution in [3.8, 4) is 5.75 Å². The predicted octanol–water partition coefficient (Wildman–Crippen LogP) is 2.92. The summed E-state index contributed by atoms with van der Waals surface area (Å²) < 4.78 is 18.3. The molecule has 2 aromatic carbocycles. The van der Waals surface area contributed by atoms with E-state index in [4.69, 9.17) is 10.5 Å². The van der Waals surface area contributed by atoms with Crippen molar-refractivity contribution in [3.63, 3.8) is 0 Å². The Morgan fingerprint density at radius 1 is 1.11 bits per heavy atom. The van der Waals surface area contributed by atoms with E-state index in [-0.39, 0.29) is 5.82 Å². The van der Waals surface area contributed by atoms with Crippen LogP contribution in [0.5, 0.6) is 5.75 Å². The van der Waals surface area contributed by atoms with Gasteiger partial charge in [-0.3, -0.25) is 0 Å². The van der Waals surface area contributed by atoms with Gasteiger partial charge in [0, 0.05) is 7.05 Å². The molecule has 0 radical (unpaired) electrons. The summed E-state index contributed by atoms with van der Waals surface area (Å²) in [7, 11) is 1.96. The minimum absolute atomic E-state index is 0.262. The number of nitrogens with zero attached hydrogens (tertiary/aromatic N) is 1. The van der Waals surface area contributed by atoms with Crippen LogP contribution in [0.3, 0.4) is 0 Å². The van der Waals surface area contributed by atoms with E-state index in [1.165, 1.54) is 12.1 Å². The first kappa shape index (κ1) is 13.2. The van der Waals surface area contributed by atoms with E-state index in [0.717, 1.165) is 11.4 Å². The Bertz CT molecular complexity index is 528. The number of ether oxygens (including phenoxy) is 1. The molecule has 0 spiro atoms. The highest BCUT2D eigenvalue weighted by molar-refractivity contribution is 5.66. The van der Waals surface area contributed by atoms with Gasteiger partial charge in [-0.15, -0.1) is 0 Å². The van der Waals surface area contributed by atoms with Gasteiger partial charge in [-0.1, -0.05) is 12.1 Å². The molecule has 0 heterocycles. The lowest BCUT2D eigenvalue weighted by atomic mass is 10.2. The summed E-state index contributed by atoms with van der Waals surface area (Å²) in [5, 5.41) is 0. The largest absolute Gasteiger partial charge is 0.492 e. The number of benzene rings is 2. The SMILES string of the molecule is CN(CCOc1ccc(F)cc1)c1ccccc1N. The van der Waals surface area contributed by atoms with Crippen molar-refractivity contribution >= 4 is 11.4 Å². The number of hydrogen-bond donors (Lipinski definition) is 1. The second-order valence-corrected chi connectivity index (χ2v) is 4.28. The summed E-state index contributed by atoms with van der Waals surface area (Å²) in [5.41, 5.74) is 7.62. The first-order chi connectivity index (χ1) is 9.16. The number of halogens is 1. The molecule has 0 aromatic heterocycles.